The Morgan fingerprint density at radius 2 is 1.94 bits per heavy atom. The number of nitrogens with one attached hydrogen (secondary N) is 1. The number of carbonyl (C=O) groups is 2. The quantitative estimate of drug-likeness (QED) is 0.356. The van der Waals surface area contributed by atoms with Crippen molar-refractivity contribution in [3.63, 3.8) is 0 Å². The summed E-state index contributed by atoms with van der Waals surface area (Å²) in [5.41, 5.74) is 0.539. The number of urea groups is 1. The summed E-state index contributed by atoms with van der Waals surface area (Å²) in [5.74, 6) is 0.601. The van der Waals surface area contributed by atoms with Crippen LogP contribution in [-0.4, -0.2) is 71.7 Å². The maximum absolute atomic E-state index is 12.9. The number of rotatable bonds is 8. The highest BCUT2D eigenvalue weighted by atomic mass is 32.2. The molecule has 31 heavy (non-hydrogen) atoms. The summed E-state index contributed by atoms with van der Waals surface area (Å²) in [5, 5.41) is 10.9. The Morgan fingerprint density at radius 1 is 1.13 bits per heavy atom. The number of carbonyl (C=O) groups excluding carboxylic acids is 2. The first-order valence-corrected chi connectivity index (χ1v) is 12.5. The lowest BCUT2D eigenvalue weighted by Gasteiger charge is -2.25. The maximum atomic E-state index is 12.9. The zero-order chi connectivity index (χ0) is 21.8. The zero-order valence-corrected chi connectivity index (χ0v) is 18.5. The molecule has 1 aromatic heterocycles. The molecule has 2 aromatic rings. The van der Waals surface area contributed by atoms with Gasteiger partial charge in [-0.3, -0.25) is 9.69 Å². The third-order valence-corrected chi connectivity index (χ3v) is 7.93. The summed E-state index contributed by atoms with van der Waals surface area (Å²) in [6, 6.07) is 6.17. The van der Waals surface area contributed by atoms with E-state index in [1.54, 1.807) is 24.3 Å². The summed E-state index contributed by atoms with van der Waals surface area (Å²) in [6.45, 7) is 1.46. The number of nitrogens with zero attached hydrogens (tertiary/aromatic N) is 4. The molecule has 1 aromatic carbocycles. The minimum Gasteiger partial charge on any atom is -0.411 e. The lowest BCUT2D eigenvalue weighted by Crippen LogP contribution is -2.35. The van der Waals surface area contributed by atoms with Crippen LogP contribution in [0.25, 0.3) is 11.5 Å². The molecule has 0 saturated carbocycles. The van der Waals surface area contributed by atoms with Crippen LogP contribution in [0.2, 0.25) is 0 Å². The van der Waals surface area contributed by atoms with Crippen molar-refractivity contribution in [3.8, 4) is 11.5 Å². The van der Waals surface area contributed by atoms with Gasteiger partial charge in [0.15, 0.2) is 0 Å². The molecule has 4 rings (SSSR count). The highest BCUT2D eigenvalue weighted by Gasteiger charge is 2.28. The molecule has 0 atom stereocenters. The van der Waals surface area contributed by atoms with Gasteiger partial charge in [-0.25, -0.2) is 13.2 Å². The monoisotopic (exact) mass is 465 g/mol. The number of aromatic nitrogens is 2. The van der Waals surface area contributed by atoms with E-state index in [0.717, 1.165) is 19.3 Å². The van der Waals surface area contributed by atoms with Gasteiger partial charge in [-0.15, -0.1) is 10.2 Å². The van der Waals surface area contributed by atoms with Crippen molar-refractivity contribution in [2.24, 2.45) is 0 Å². The van der Waals surface area contributed by atoms with Crippen molar-refractivity contribution >= 4 is 33.7 Å². The molecule has 10 nitrogen and oxygen atoms in total. The van der Waals surface area contributed by atoms with E-state index in [1.807, 2.05) is 0 Å². The van der Waals surface area contributed by atoms with E-state index in [1.165, 1.54) is 21.0 Å². The van der Waals surface area contributed by atoms with E-state index in [4.69, 9.17) is 4.42 Å². The summed E-state index contributed by atoms with van der Waals surface area (Å²) in [7, 11) is -3.55. The molecular formula is C19H23N5O5S2. The van der Waals surface area contributed by atoms with Gasteiger partial charge in [0.25, 0.3) is 5.22 Å². The van der Waals surface area contributed by atoms with Crippen molar-refractivity contribution in [2.45, 2.75) is 35.8 Å². The molecular weight excluding hydrogens is 442 g/mol. The Morgan fingerprint density at radius 3 is 2.68 bits per heavy atom. The molecule has 2 aliphatic rings. The third-order valence-electron chi connectivity index (χ3n) is 5.13. The first kappa shape index (κ1) is 21.8. The average Bonchev–Trinajstić information content (AvgIpc) is 3.39. The van der Waals surface area contributed by atoms with Gasteiger partial charge < -0.3 is 9.73 Å². The molecule has 12 heteroatoms. The normalized spacial score (nSPS) is 17.9. The van der Waals surface area contributed by atoms with Gasteiger partial charge in [-0.1, -0.05) is 24.2 Å². The van der Waals surface area contributed by atoms with E-state index in [-0.39, 0.29) is 29.3 Å². The average molecular weight is 466 g/mol. The molecule has 0 aliphatic carbocycles. The highest BCUT2D eigenvalue weighted by Crippen LogP contribution is 2.27. The van der Waals surface area contributed by atoms with Gasteiger partial charge in [0.05, 0.1) is 11.4 Å². The number of hydrogen-bond donors (Lipinski definition) is 1. The predicted octanol–water partition coefficient (Wildman–Crippen LogP) is 1.95. The second-order valence-corrected chi connectivity index (χ2v) is 10.3. The van der Waals surface area contributed by atoms with Crippen molar-refractivity contribution < 1.29 is 22.4 Å². The number of piperidine rings is 1. The van der Waals surface area contributed by atoms with Crippen molar-refractivity contribution in [3.05, 3.63) is 24.3 Å². The number of amides is 3. The van der Waals surface area contributed by atoms with Crippen LogP contribution >= 0.6 is 11.8 Å². The molecule has 0 bridgehead atoms. The summed E-state index contributed by atoms with van der Waals surface area (Å²) >= 11 is 1.32. The Balaban J connectivity index is 1.37. The van der Waals surface area contributed by atoms with Gasteiger partial charge in [0.1, 0.15) is 0 Å². The Kier molecular flexibility index (Phi) is 6.58. The lowest BCUT2D eigenvalue weighted by molar-refractivity contribution is -0.124. The molecule has 0 unspecified atom stereocenters. The topological polar surface area (TPSA) is 126 Å². The summed E-state index contributed by atoms with van der Waals surface area (Å²) < 4.78 is 33.0. The molecule has 2 aliphatic heterocycles. The van der Waals surface area contributed by atoms with Gasteiger partial charge in [-0.05, 0) is 37.5 Å². The van der Waals surface area contributed by atoms with Crippen LogP contribution in [-0.2, 0) is 14.8 Å². The first-order chi connectivity index (χ1) is 14.9. The minimum absolute atomic E-state index is 0.0472. The van der Waals surface area contributed by atoms with E-state index in [9.17, 15) is 18.0 Å². The number of imide groups is 1. The van der Waals surface area contributed by atoms with Crippen LogP contribution in [0.5, 0.6) is 0 Å². The van der Waals surface area contributed by atoms with E-state index in [2.05, 4.69) is 15.5 Å². The van der Waals surface area contributed by atoms with Gasteiger partial charge in [0.2, 0.25) is 21.8 Å². The van der Waals surface area contributed by atoms with Crippen LogP contribution < -0.4 is 5.32 Å². The predicted molar refractivity (Wildman–Crippen MR) is 113 cm³/mol. The van der Waals surface area contributed by atoms with Gasteiger partial charge in [-0.2, -0.15) is 4.31 Å². The first-order valence-electron chi connectivity index (χ1n) is 10.1. The van der Waals surface area contributed by atoms with E-state index >= 15 is 0 Å². The largest absolute Gasteiger partial charge is 0.411 e. The number of hydrogen-bond acceptors (Lipinski definition) is 8. The fourth-order valence-corrected chi connectivity index (χ4v) is 5.74. The van der Waals surface area contributed by atoms with Crippen LogP contribution in [0.15, 0.2) is 38.8 Å². The van der Waals surface area contributed by atoms with E-state index in [0.29, 0.717) is 42.6 Å². The minimum atomic E-state index is -3.55. The molecule has 166 valence electrons. The van der Waals surface area contributed by atoms with Gasteiger partial charge >= 0.3 is 6.03 Å². The molecule has 0 spiro atoms. The number of benzene rings is 1. The second-order valence-electron chi connectivity index (χ2n) is 7.27. The van der Waals surface area contributed by atoms with Crippen LogP contribution in [0.3, 0.4) is 0 Å². The second kappa shape index (κ2) is 9.37. The number of sulfonamides is 1. The molecule has 3 amide bonds. The standard InChI is InChI=1S/C19H23N5O5S2/c25-16-13-20-18(26)24(16)10-5-11-30-19-22-21-17(29-19)14-6-4-7-15(12-14)31(27,28)23-8-2-1-3-9-23/h4,6-7,12H,1-3,5,8-11,13H2,(H,20,26). The molecule has 1 N–H and O–H groups in total. The zero-order valence-electron chi connectivity index (χ0n) is 16.8. The molecule has 0 radical (unpaired) electrons. The molecule has 3 heterocycles. The van der Waals surface area contributed by atoms with Gasteiger partial charge in [0, 0.05) is 31.0 Å². The molecule has 2 fully saturated rings. The Hall–Kier alpha value is -2.44. The van der Waals surface area contributed by atoms with Crippen molar-refractivity contribution in [1.82, 2.24) is 24.7 Å². The van der Waals surface area contributed by atoms with Crippen LogP contribution in [0.4, 0.5) is 4.79 Å². The maximum Gasteiger partial charge on any atom is 0.324 e. The van der Waals surface area contributed by atoms with Crippen LogP contribution in [0.1, 0.15) is 25.7 Å². The SMILES string of the molecule is O=C1CNC(=O)N1CCCSc1nnc(-c2cccc(S(=O)(=O)N3CCCCC3)c2)o1. The third kappa shape index (κ3) is 4.91. The summed E-state index contributed by atoms with van der Waals surface area (Å²) in [6.07, 6.45) is 3.39. The molecule has 2 saturated heterocycles. The highest BCUT2D eigenvalue weighted by molar-refractivity contribution is 7.99. The van der Waals surface area contributed by atoms with Crippen molar-refractivity contribution in [1.29, 1.82) is 0 Å². The fraction of sp³-hybridized carbons (Fsp3) is 0.474. The summed E-state index contributed by atoms with van der Waals surface area (Å²) in [4.78, 5) is 24.5. The van der Waals surface area contributed by atoms with Crippen LogP contribution in [0, 0.1) is 0 Å². The lowest BCUT2D eigenvalue weighted by atomic mass is 10.2. The van der Waals surface area contributed by atoms with Crippen molar-refractivity contribution in [2.75, 3.05) is 31.9 Å². The Bertz CT molecular complexity index is 1050. The Labute approximate surface area is 184 Å². The van der Waals surface area contributed by atoms with E-state index < -0.39 is 10.0 Å². The fourth-order valence-electron chi connectivity index (χ4n) is 3.49. The smallest absolute Gasteiger partial charge is 0.324 e. The number of thioether (sulfide) groups is 1.